The lowest BCUT2D eigenvalue weighted by Gasteiger charge is -2.42. The minimum Gasteiger partial charge on any atom is -0.382 e. The fourth-order valence-corrected chi connectivity index (χ4v) is 2.59. The van der Waals surface area contributed by atoms with Gasteiger partial charge in [-0.3, -0.25) is 10.00 Å². The smallest absolute Gasteiger partial charge is 0.150 e. The SMILES string of the molecule is CCc1n[nH]c(CN2C[C@H](COC)OC(C)(C)C2)n1. The first-order valence-corrected chi connectivity index (χ1v) is 6.81. The molecule has 0 aromatic carbocycles. The first-order valence-electron chi connectivity index (χ1n) is 6.81. The Bertz CT molecular complexity index is 405. The van der Waals surface area contributed by atoms with Gasteiger partial charge >= 0.3 is 0 Å². The minimum atomic E-state index is -0.158. The molecule has 0 aliphatic carbocycles. The van der Waals surface area contributed by atoms with Gasteiger partial charge in [-0.1, -0.05) is 6.92 Å². The Hall–Kier alpha value is -0.980. The van der Waals surface area contributed by atoms with Gasteiger partial charge in [0.1, 0.15) is 11.6 Å². The molecule has 0 bridgehead atoms. The Kier molecular flexibility index (Phi) is 4.54. The van der Waals surface area contributed by atoms with Gasteiger partial charge in [0.05, 0.1) is 24.9 Å². The topological polar surface area (TPSA) is 63.3 Å². The minimum absolute atomic E-state index is 0.113. The molecule has 2 heterocycles. The largest absolute Gasteiger partial charge is 0.382 e. The Labute approximate surface area is 114 Å². The molecule has 6 nitrogen and oxygen atoms in total. The van der Waals surface area contributed by atoms with Gasteiger partial charge in [-0.05, 0) is 13.8 Å². The highest BCUT2D eigenvalue weighted by molar-refractivity contribution is 4.92. The molecule has 0 unspecified atom stereocenters. The highest BCUT2D eigenvalue weighted by Crippen LogP contribution is 2.22. The van der Waals surface area contributed by atoms with Gasteiger partial charge in [0.15, 0.2) is 0 Å². The number of morpholine rings is 1. The zero-order chi connectivity index (χ0) is 13.9. The summed E-state index contributed by atoms with van der Waals surface area (Å²) in [6, 6.07) is 0. The second kappa shape index (κ2) is 5.98. The summed E-state index contributed by atoms with van der Waals surface area (Å²) < 4.78 is 11.2. The molecule has 2 rings (SSSR count). The van der Waals surface area contributed by atoms with Crippen LogP contribution in [-0.2, 0) is 22.4 Å². The van der Waals surface area contributed by atoms with E-state index in [-0.39, 0.29) is 11.7 Å². The van der Waals surface area contributed by atoms with Crippen LogP contribution < -0.4 is 0 Å². The van der Waals surface area contributed by atoms with Crippen LogP contribution in [0.4, 0.5) is 0 Å². The summed E-state index contributed by atoms with van der Waals surface area (Å²) in [4.78, 5) is 6.80. The van der Waals surface area contributed by atoms with Gasteiger partial charge in [-0.15, -0.1) is 0 Å². The fourth-order valence-electron chi connectivity index (χ4n) is 2.59. The molecular weight excluding hydrogens is 244 g/mol. The Balaban J connectivity index is 1.98. The van der Waals surface area contributed by atoms with E-state index >= 15 is 0 Å². The van der Waals surface area contributed by atoms with E-state index in [2.05, 4.69) is 40.9 Å². The van der Waals surface area contributed by atoms with Crippen LogP contribution in [0, 0.1) is 0 Å². The molecule has 1 fully saturated rings. The summed E-state index contributed by atoms with van der Waals surface area (Å²) in [5, 5.41) is 7.18. The Morgan fingerprint density at radius 2 is 2.32 bits per heavy atom. The van der Waals surface area contributed by atoms with Crippen LogP contribution in [0.2, 0.25) is 0 Å². The molecule has 19 heavy (non-hydrogen) atoms. The van der Waals surface area contributed by atoms with E-state index in [9.17, 15) is 0 Å². The van der Waals surface area contributed by atoms with Crippen LogP contribution in [-0.4, -0.2) is 58.6 Å². The third-order valence-corrected chi connectivity index (χ3v) is 3.17. The average Bonchev–Trinajstić information content (AvgIpc) is 2.75. The molecule has 1 aliphatic heterocycles. The number of methoxy groups -OCH3 is 1. The van der Waals surface area contributed by atoms with Crippen LogP contribution in [0.1, 0.15) is 32.4 Å². The number of hydrogen-bond donors (Lipinski definition) is 1. The van der Waals surface area contributed by atoms with Crippen molar-refractivity contribution in [1.82, 2.24) is 20.1 Å². The van der Waals surface area contributed by atoms with Crippen molar-refractivity contribution in [2.24, 2.45) is 0 Å². The van der Waals surface area contributed by atoms with E-state index in [4.69, 9.17) is 9.47 Å². The number of rotatable bonds is 5. The number of aromatic amines is 1. The summed E-state index contributed by atoms with van der Waals surface area (Å²) in [6.45, 7) is 9.42. The van der Waals surface area contributed by atoms with E-state index in [0.717, 1.165) is 37.7 Å². The molecule has 0 radical (unpaired) electrons. The van der Waals surface area contributed by atoms with Crippen molar-refractivity contribution in [3.63, 3.8) is 0 Å². The normalized spacial score (nSPS) is 23.7. The van der Waals surface area contributed by atoms with Gasteiger partial charge in [-0.25, -0.2) is 4.98 Å². The van der Waals surface area contributed by atoms with Crippen LogP contribution in [0.5, 0.6) is 0 Å². The van der Waals surface area contributed by atoms with E-state index in [1.807, 2.05) is 0 Å². The second-order valence-electron chi connectivity index (χ2n) is 5.68. The van der Waals surface area contributed by atoms with Crippen LogP contribution in [0.25, 0.3) is 0 Å². The van der Waals surface area contributed by atoms with Crippen molar-refractivity contribution >= 4 is 0 Å². The molecule has 6 heteroatoms. The third kappa shape index (κ3) is 3.99. The highest BCUT2D eigenvalue weighted by Gasteiger charge is 2.33. The molecule has 1 atom stereocenters. The zero-order valence-corrected chi connectivity index (χ0v) is 12.3. The van der Waals surface area contributed by atoms with Gasteiger partial charge in [0.25, 0.3) is 0 Å². The highest BCUT2D eigenvalue weighted by atomic mass is 16.5. The monoisotopic (exact) mass is 268 g/mol. The Morgan fingerprint density at radius 1 is 1.53 bits per heavy atom. The predicted octanol–water partition coefficient (Wildman–Crippen LogP) is 0.993. The van der Waals surface area contributed by atoms with Gasteiger partial charge in [0.2, 0.25) is 0 Å². The van der Waals surface area contributed by atoms with Crippen molar-refractivity contribution in [2.45, 2.75) is 45.4 Å². The molecule has 1 aliphatic rings. The molecule has 1 aromatic rings. The number of hydrogen-bond acceptors (Lipinski definition) is 5. The fraction of sp³-hybridized carbons (Fsp3) is 0.846. The number of nitrogens with one attached hydrogen (secondary N) is 1. The van der Waals surface area contributed by atoms with Crippen molar-refractivity contribution in [1.29, 1.82) is 0 Å². The van der Waals surface area contributed by atoms with Gasteiger partial charge < -0.3 is 9.47 Å². The van der Waals surface area contributed by atoms with Gasteiger partial charge in [-0.2, -0.15) is 5.10 Å². The predicted molar refractivity (Wildman–Crippen MR) is 71.9 cm³/mol. The summed E-state index contributed by atoms with van der Waals surface area (Å²) in [6.07, 6.45) is 0.972. The number of aryl methyl sites for hydroxylation is 1. The van der Waals surface area contributed by atoms with Crippen LogP contribution in [0.3, 0.4) is 0 Å². The maximum Gasteiger partial charge on any atom is 0.150 e. The standard InChI is InChI=1S/C13H24N4O2/c1-5-11-14-12(16-15-11)7-17-6-10(8-18-4)19-13(2,3)9-17/h10H,5-9H2,1-4H3,(H,14,15,16)/t10-/m1/s1. The number of aromatic nitrogens is 3. The third-order valence-electron chi connectivity index (χ3n) is 3.17. The quantitative estimate of drug-likeness (QED) is 0.863. The molecule has 0 amide bonds. The molecule has 0 saturated carbocycles. The second-order valence-corrected chi connectivity index (χ2v) is 5.68. The first-order chi connectivity index (χ1) is 9.02. The summed E-state index contributed by atoms with van der Waals surface area (Å²) in [5.74, 6) is 1.79. The van der Waals surface area contributed by atoms with E-state index in [1.165, 1.54) is 0 Å². The van der Waals surface area contributed by atoms with Crippen molar-refractivity contribution < 1.29 is 9.47 Å². The van der Waals surface area contributed by atoms with Crippen molar-refractivity contribution in [2.75, 3.05) is 26.8 Å². The zero-order valence-electron chi connectivity index (χ0n) is 12.3. The number of ether oxygens (including phenoxy) is 2. The molecule has 1 aromatic heterocycles. The van der Waals surface area contributed by atoms with E-state index < -0.39 is 0 Å². The first kappa shape index (κ1) is 14.4. The maximum absolute atomic E-state index is 6.00. The summed E-state index contributed by atoms with van der Waals surface area (Å²) in [7, 11) is 1.71. The maximum atomic E-state index is 6.00. The van der Waals surface area contributed by atoms with Gasteiger partial charge in [0, 0.05) is 26.6 Å². The molecule has 1 saturated heterocycles. The molecule has 1 N–H and O–H groups in total. The summed E-state index contributed by atoms with van der Waals surface area (Å²) in [5.41, 5.74) is -0.158. The van der Waals surface area contributed by atoms with E-state index in [0.29, 0.717) is 6.61 Å². The van der Waals surface area contributed by atoms with Crippen LogP contribution in [0.15, 0.2) is 0 Å². The average molecular weight is 268 g/mol. The number of nitrogens with zero attached hydrogens (tertiary/aromatic N) is 3. The van der Waals surface area contributed by atoms with E-state index in [1.54, 1.807) is 7.11 Å². The lowest BCUT2D eigenvalue weighted by molar-refractivity contribution is -0.154. The molecular formula is C13H24N4O2. The summed E-state index contributed by atoms with van der Waals surface area (Å²) >= 11 is 0. The van der Waals surface area contributed by atoms with Crippen LogP contribution >= 0.6 is 0 Å². The molecule has 0 spiro atoms. The Morgan fingerprint density at radius 3 is 2.95 bits per heavy atom. The van der Waals surface area contributed by atoms with Crippen molar-refractivity contribution in [3.8, 4) is 0 Å². The number of H-pyrrole nitrogens is 1. The molecule has 108 valence electrons. The lowest BCUT2D eigenvalue weighted by atomic mass is 10.1. The van der Waals surface area contributed by atoms with Crippen molar-refractivity contribution in [3.05, 3.63) is 11.6 Å². The lowest BCUT2D eigenvalue weighted by Crippen LogP contribution is -2.53.